The average molecular weight is 410 g/mol. The molecule has 2 aliphatic heterocycles. The summed E-state index contributed by atoms with van der Waals surface area (Å²) in [7, 11) is 1.52. The van der Waals surface area contributed by atoms with Gasteiger partial charge in [-0.15, -0.1) is 0 Å². The topological polar surface area (TPSA) is 76.7 Å². The van der Waals surface area contributed by atoms with E-state index in [2.05, 4.69) is 10.6 Å². The third-order valence-electron chi connectivity index (χ3n) is 6.39. The first-order valence-electron chi connectivity index (χ1n) is 10.2. The number of benzene rings is 2. The van der Waals surface area contributed by atoms with Crippen LogP contribution in [0, 0.1) is 11.8 Å². The fraction of sp³-hybridized carbons (Fsp3) is 0.391. The van der Waals surface area contributed by atoms with Gasteiger partial charge in [-0.25, -0.2) is 4.39 Å². The number of halogens is 1. The molecule has 1 unspecified atom stereocenters. The van der Waals surface area contributed by atoms with Crippen LogP contribution in [0.25, 0.3) is 0 Å². The van der Waals surface area contributed by atoms with Gasteiger partial charge in [-0.2, -0.15) is 0 Å². The van der Waals surface area contributed by atoms with Gasteiger partial charge in [0.25, 0.3) is 11.8 Å². The van der Waals surface area contributed by atoms with Crippen molar-refractivity contribution in [3.05, 3.63) is 64.7 Å². The number of carbonyl (C=O) groups is 2. The highest BCUT2D eigenvalue weighted by Crippen LogP contribution is 2.46. The van der Waals surface area contributed by atoms with Crippen LogP contribution in [0.2, 0.25) is 0 Å². The molecule has 0 bridgehead atoms. The Bertz CT molecular complexity index is 986. The maximum atomic E-state index is 13.9. The summed E-state index contributed by atoms with van der Waals surface area (Å²) in [5.74, 6) is 0.0909. The molecule has 7 heteroatoms. The number of hydrogen-bond acceptors (Lipinski definition) is 4. The van der Waals surface area contributed by atoms with Gasteiger partial charge < -0.3 is 20.1 Å². The van der Waals surface area contributed by atoms with E-state index in [9.17, 15) is 14.0 Å². The summed E-state index contributed by atoms with van der Waals surface area (Å²) >= 11 is 0. The van der Waals surface area contributed by atoms with Gasteiger partial charge in [0.1, 0.15) is 18.5 Å². The Morgan fingerprint density at radius 2 is 1.83 bits per heavy atom. The van der Waals surface area contributed by atoms with Crippen LogP contribution in [0.4, 0.5) is 4.39 Å². The summed E-state index contributed by atoms with van der Waals surface area (Å²) in [6.45, 7) is 0.644. The Morgan fingerprint density at radius 1 is 1.10 bits per heavy atom. The second-order valence-corrected chi connectivity index (χ2v) is 8.08. The van der Waals surface area contributed by atoms with Gasteiger partial charge in [0, 0.05) is 36.1 Å². The van der Waals surface area contributed by atoms with Crippen molar-refractivity contribution in [3.63, 3.8) is 0 Å². The van der Waals surface area contributed by atoms with Gasteiger partial charge in [0.2, 0.25) is 0 Å². The highest BCUT2D eigenvalue weighted by Gasteiger charge is 2.54. The smallest absolute Gasteiger partial charge is 0.254 e. The van der Waals surface area contributed by atoms with Crippen LogP contribution < -0.4 is 15.4 Å². The van der Waals surface area contributed by atoms with Crippen molar-refractivity contribution in [2.75, 3.05) is 26.9 Å². The number of amides is 2. The second kappa shape index (κ2) is 7.40. The first-order chi connectivity index (χ1) is 14.6. The summed E-state index contributed by atoms with van der Waals surface area (Å²) in [5, 5.41) is 5.65. The zero-order chi connectivity index (χ0) is 20.8. The summed E-state index contributed by atoms with van der Waals surface area (Å²) < 4.78 is 25.1. The molecule has 0 spiro atoms. The molecule has 6 nitrogen and oxygen atoms in total. The van der Waals surface area contributed by atoms with Crippen LogP contribution >= 0.6 is 0 Å². The molecule has 0 radical (unpaired) electrons. The van der Waals surface area contributed by atoms with E-state index in [-0.39, 0.29) is 23.4 Å². The van der Waals surface area contributed by atoms with E-state index in [1.807, 2.05) is 30.3 Å². The lowest BCUT2D eigenvalue weighted by molar-refractivity contribution is 0.0929. The monoisotopic (exact) mass is 410 g/mol. The minimum atomic E-state index is -0.746. The molecule has 5 rings (SSSR count). The van der Waals surface area contributed by atoms with E-state index in [0.29, 0.717) is 41.9 Å². The van der Waals surface area contributed by atoms with E-state index in [0.717, 1.165) is 5.56 Å². The first-order valence-corrected chi connectivity index (χ1v) is 10.2. The van der Waals surface area contributed by atoms with Crippen molar-refractivity contribution in [3.8, 4) is 5.75 Å². The van der Waals surface area contributed by atoms with Crippen molar-refractivity contribution in [2.45, 2.75) is 18.1 Å². The Hall–Kier alpha value is -2.93. The van der Waals surface area contributed by atoms with E-state index in [1.54, 1.807) is 6.07 Å². The third-order valence-corrected chi connectivity index (χ3v) is 6.39. The van der Waals surface area contributed by atoms with Crippen LogP contribution in [0.15, 0.2) is 42.5 Å². The number of nitrogens with one attached hydrogen (secondary N) is 2. The summed E-state index contributed by atoms with van der Waals surface area (Å²) in [5.41, 5.74) is 2.17. The SMILES string of the molecule is CNC(=O)c1cc(C(=O)NC2[C@H]3COC[C@@H]23)cc2c1O[C@@H](CF)[C@@H]2c1ccccc1. The molecular weight excluding hydrogens is 387 g/mol. The number of hydrogen-bond donors (Lipinski definition) is 2. The molecule has 3 aliphatic rings. The Morgan fingerprint density at radius 3 is 2.50 bits per heavy atom. The first kappa shape index (κ1) is 19.1. The fourth-order valence-electron chi connectivity index (χ4n) is 4.73. The predicted octanol–water partition coefficient (Wildman–Crippen LogP) is 2.28. The molecule has 2 heterocycles. The zero-order valence-corrected chi connectivity index (χ0v) is 16.6. The minimum absolute atomic E-state index is 0.114. The number of alkyl halides is 1. The van der Waals surface area contributed by atoms with Crippen molar-refractivity contribution in [1.29, 1.82) is 0 Å². The van der Waals surface area contributed by atoms with Crippen molar-refractivity contribution >= 4 is 11.8 Å². The van der Waals surface area contributed by atoms with Crippen LogP contribution in [-0.2, 0) is 4.74 Å². The lowest BCUT2D eigenvalue weighted by Gasteiger charge is -2.16. The Labute approximate surface area is 173 Å². The normalized spacial score (nSPS) is 28.3. The quantitative estimate of drug-likeness (QED) is 0.793. The molecule has 1 saturated heterocycles. The van der Waals surface area contributed by atoms with Crippen LogP contribution in [0.1, 0.15) is 37.8 Å². The molecule has 1 saturated carbocycles. The van der Waals surface area contributed by atoms with E-state index in [1.165, 1.54) is 13.1 Å². The van der Waals surface area contributed by atoms with E-state index < -0.39 is 18.7 Å². The standard InChI is InChI=1S/C23H23FN2O4/c1-25-23(28)15-8-13(22(27)26-20-16-10-29-11-17(16)20)7-14-19(12-5-3-2-4-6-12)18(9-24)30-21(14)15/h2-8,16-20H,9-11H2,1H3,(H,25,28)(H,26,27)/t16-,17+,18-,19+,20?/m0/s1. The van der Waals surface area contributed by atoms with Crippen molar-refractivity contribution < 1.29 is 23.5 Å². The predicted molar refractivity (Wildman–Crippen MR) is 108 cm³/mol. The lowest BCUT2D eigenvalue weighted by atomic mass is 9.86. The molecule has 2 aromatic rings. The number of fused-ring (bicyclic) bond motifs is 2. The molecule has 156 valence electrons. The van der Waals surface area contributed by atoms with Gasteiger partial charge in [-0.3, -0.25) is 9.59 Å². The van der Waals surface area contributed by atoms with Crippen molar-refractivity contribution in [1.82, 2.24) is 10.6 Å². The highest BCUT2D eigenvalue weighted by atomic mass is 19.1. The fourth-order valence-corrected chi connectivity index (χ4v) is 4.73. The van der Waals surface area contributed by atoms with Crippen LogP contribution in [0.3, 0.4) is 0 Å². The van der Waals surface area contributed by atoms with E-state index in [4.69, 9.17) is 9.47 Å². The van der Waals surface area contributed by atoms with Crippen LogP contribution in [0.5, 0.6) is 5.75 Å². The minimum Gasteiger partial charge on any atom is -0.486 e. The van der Waals surface area contributed by atoms with Gasteiger partial charge in [-0.05, 0) is 17.7 Å². The summed E-state index contributed by atoms with van der Waals surface area (Å²) in [6, 6.07) is 12.8. The highest BCUT2D eigenvalue weighted by molar-refractivity contribution is 6.02. The number of carbonyl (C=O) groups excluding carboxylic acids is 2. The maximum absolute atomic E-state index is 13.9. The molecule has 1 aliphatic carbocycles. The second-order valence-electron chi connectivity index (χ2n) is 8.08. The molecule has 0 aromatic heterocycles. The van der Waals surface area contributed by atoms with Gasteiger partial charge in [-0.1, -0.05) is 30.3 Å². The molecule has 30 heavy (non-hydrogen) atoms. The Balaban J connectivity index is 1.54. The Kier molecular flexibility index (Phi) is 4.70. The number of rotatable bonds is 5. The number of ether oxygens (including phenoxy) is 2. The molecule has 2 aromatic carbocycles. The lowest BCUT2D eigenvalue weighted by Crippen LogP contribution is -2.30. The van der Waals surface area contributed by atoms with Gasteiger partial charge in [0.15, 0.2) is 0 Å². The van der Waals surface area contributed by atoms with Gasteiger partial charge >= 0.3 is 0 Å². The molecule has 2 fully saturated rings. The summed E-state index contributed by atoms with van der Waals surface area (Å²) in [6.07, 6.45) is -0.746. The van der Waals surface area contributed by atoms with E-state index >= 15 is 0 Å². The third kappa shape index (κ3) is 3.04. The van der Waals surface area contributed by atoms with Gasteiger partial charge in [0.05, 0.1) is 24.7 Å². The van der Waals surface area contributed by atoms with Crippen molar-refractivity contribution in [2.24, 2.45) is 11.8 Å². The summed E-state index contributed by atoms with van der Waals surface area (Å²) in [4.78, 5) is 25.5. The molecule has 2 N–H and O–H groups in total. The maximum Gasteiger partial charge on any atom is 0.254 e. The van der Waals surface area contributed by atoms with Crippen LogP contribution in [-0.4, -0.2) is 50.9 Å². The molecular formula is C23H23FN2O4. The molecule has 5 atom stereocenters. The molecule has 2 amide bonds. The zero-order valence-electron chi connectivity index (χ0n) is 16.6. The largest absolute Gasteiger partial charge is 0.486 e. The average Bonchev–Trinajstić information content (AvgIpc) is 3.14.